The fourth-order valence-corrected chi connectivity index (χ4v) is 1.71. The van der Waals surface area contributed by atoms with Gasteiger partial charge in [0.15, 0.2) is 0 Å². The molecule has 0 rings (SSSR count). The summed E-state index contributed by atoms with van der Waals surface area (Å²) in [6.07, 6.45) is -1.35. The Morgan fingerprint density at radius 1 is 1.18 bits per heavy atom. The third-order valence-corrected chi connectivity index (χ3v) is 2.59. The standard InChI is InChI=1S/C15H27NO6/c1-9(2)7-11(17)13(19)16-10(14(20)21-6)8-12(18)22-15(3,4)5/h9-11,17H,7-8H2,1-6H3,(H,16,19)/t10-,11+/m1/s1. The number of carbonyl (C=O) groups excluding carboxylic acids is 3. The van der Waals surface area contributed by atoms with Gasteiger partial charge in [0.25, 0.3) is 0 Å². The van der Waals surface area contributed by atoms with Gasteiger partial charge in [-0.1, -0.05) is 13.8 Å². The highest BCUT2D eigenvalue weighted by Crippen LogP contribution is 2.10. The van der Waals surface area contributed by atoms with Gasteiger partial charge >= 0.3 is 11.9 Å². The number of esters is 2. The van der Waals surface area contributed by atoms with Crippen LogP contribution in [0.25, 0.3) is 0 Å². The van der Waals surface area contributed by atoms with Gasteiger partial charge in [-0.05, 0) is 33.1 Å². The van der Waals surface area contributed by atoms with Crippen LogP contribution in [0, 0.1) is 5.92 Å². The van der Waals surface area contributed by atoms with Crippen molar-refractivity contribution in [2.45, 2.75) is 65.2 Å². The topological polar surface area (TPSA) is 102 Å². The predicted octanol–water partition coefficient (Wildman–Crippen LogP) is 0.783. The molecule has 22 heavy (non-hydrogen) atoms. The minimum atomic E-state index is -1.24. The number of hydrogen-bond donors (Lipinski definition) is 2. The summed E-state index contributed by atoms with van der Waals surface area (Å²) in [4.78, 5) is 35.3. The highest BCUT2D eigenvalue weighted by atomic mass is 16.6. The molecule has 0 aromatic heterocycles. The molecule has 0 spiro atoms. The molecule has 0 aliphatic heterocycles. The van der Waals surface area contributed by atoms with Crippen LogP contribution >= 0.6 is 0 Å². The van der Waals surface area contributed by atoms with Gasteiger partial charge in [0, 0.05) is 0 Å². The fourth-order valence-electron chi connectivity index (χ4n) is 1.71. The largest absolute Gasteiger partial charge is 0.467 e. The molecule has 0 bridgehead atoms. The normalized spacial score (nSPS) is 14.2. The van der Waals surface area contributed by atoms with Gasteiger partial charge in [-0.15, -0.1) is 0 Å². The molecular formula is C15H27NO6. The molecule has 0 fully saturated rings. The maximum absolute atomic E-state index is 11.9. The lowest BCUT2D eigenvalue weighted by molar-refractivity contribution is -0.159. The number of aliphatic hydroxyl groups is 1. The summed E-state index contributed by atoms with van der Waals surface area (Å²) in [6.45, 7) is 8.80. The number of ether oxygens (including phenoxy) is 2. The second-order valence-corrected chi connectivity index (χ2v) is 6.52. The molecule has 7 heteroatoms. The predicted molar refractivity (Wildman–Crippen MR) is 79.9 cm³/mol. The molecule has 7 nitrogen and oxygen atoms in total. The summed E-state index contributed by atoms with van der Waals surface area (Å²) < 4.78 is 9.67. The zero-order chi connectivity index (χ0) is 17.5. The van der Waals surface area contributed by atoms with Crippen LogP contribution in [0.5, 0.6) is 0 Å². The molecule has 128 valence electrons. The van der Waals surface area contributed by atoms with Crippen LogP contribution in [0.4, 0.5) is 0 Å². The molecule has 0 saturated heterocycles. The molecule has 0 saturated carbocycles. The first-order valence-corrected chi connectivity index (χ1v) is 7.24. The van der Waals surface area contributed by atoms with Crippen LogP contribution < -0.4 is 5.32 Å². The van der Waals surface area contributed by atoms with E-state index in [1.54, 1.807) is 20.8 Å². The zero-order valence-corrected chi connectivity index (χ0v) is 14.1. The van der Waals surface area contributed by atoms with E-state index in [1.165, 1.54) is 0 Å². The first-order valence-electron chi connectivity index (χ1n) is 7.24. The monoisotopic (exact) mass is 317 g/mol. The van der Waals surface area contributed by atoms with Crippen LogP contribution in [0.1, 0.15) is 47.5 Å². The average molecular weight is 317 g/mol. The fraction of sp³-hybridized carbons (Fsp3) is 0.800. The summed E-state index contributed by atoms with van der Waals surface area (Å²) in [5, 5.41) is 12.1. The Bertz CT molecular complexity index is 399. The summed E-state index contributed by atoms with van der Waals surface area (Å²) >= 11 is 0. The third-order valence-electron chi connectivity index (χ3n) is 2.59. The van der Waals surface area contributed by atoms with E-state index < -0.39 is 35.6 Å². The van der Waals surface area contributed by atoms with E-state index in [4.69, 9.17) is 4.74 Å². The molecule has 0 radical (unpaired) electrons. The Kier molecular flexibility index (Phi) is 8.08. The van der Waals surface area contributed by atoms with Crippen molar-refractivity contribution in [1.29, 1.82) is 0 Å². The van der Waals surface area contributed by atoms with Crippen molar-refractivity contribution < 1.29 is 29.0 Å². The second kappa shape index (κ2) is 8.73. The number of carbonyl (C=O) groups is 3. The minimum Gasteiger partial charge on any atom is -0.467 e. The minimum absolute atomic E-state index is 0.114. The lowest BCUT2D eigenvalue weighted by atomic mass is 10.0. The van der Waals surface area contributed by atoms with E-state index in [9.17, 15) is 19.5 Å². The Balaban J connectivity index is 4.76. The van der Waals surface area contributed by atoms with Crippen molar-refractivity contribution in [3.63, 3.8) is 0 Å². The summed E-state index contributed by atoms with van der Waals surface area (Å²) in [7, 11) is 1.15. The zero-order valence-electron chi connectivity index (χ0n) is 14.1. The molecular weight excluding hydrogens is 290 g/mol. The Morgan fingerprint density at radius 3 is 2.14 bits per heavy atom. The highest BCUT2D eigenvalue weighted by molar-refractivity contribution is 5.89. The Hall–Kier alpha value is -1.63. The smallest absolute Gasteiger partial charge is 0.328 e. The van der Waals surface area contributed by atoms with Crippen molar-refractivity contribution >= 4 is 17.8 Å². The molecule has 0 heterocycles. The molecule has 0 aliphatic rings. The molecule has 0 aromatic rings. The van der Waals surface area contributed by atoms with Gasteiger partial charge in [0.05, 0.1) is 13.5 Å². The number of aliphatic hydroxyl groups excluding tert-OH is 1. The van der Waals surface area contributed by atoms with Crippen molar-refractivity contribution in [2.24, 2.45) is 5.92 Å². The van der Waals surface area contributed by atoms with E-state index in [0.29, 0.717) is 0 Å². The number of methoxy groups -OCH3 is 1. The van der Waals surface area contributed by atoms with Crippen LogP contribution in [-0.4, -0.2) is 47.8 Å². The molecule has 0 unspecified atom stereocenters. The highest BCUT2D eigenvalue weighted by Gasteiger charge is 2.29. The number of nitrogens with one attached hydrogen (secondary N) is 1. The lowest BCUT2D eigenvalue weighted by Crippen LogP contribution is -2.47. The van der Waals surface area contributed by atoms with Crippen LogP contribution in [0.3, 0.4) is 0 Å². The molecule has 2 N–H and O–H groups in total. The van der Waals surface area contributed by atoms with Gasteiger partial charge in [-0.2, -0.15) is 0 Å². The first kappa shape index (κ1) is 20.4. The van der Waals surface area contributed by atoms with Crippen molar-refractivity contribution in [3.8, 4) is 0 Å². The van der Waals surface area contributed by atoms with Crippen LogP contribution in [0.2, 0.25) is 0 Å². The van der Waals surface area contributed by atoms with E-state index in [1.807, 2.05) is 13.8 Å². The lowest BCUT2D eigenvalue weighted by Gasteiger charge is -2.22. The van der Waals surface area contributed by atoms with E-state index in [0.717, 1.165) is 7.11 Å². The van der Waals surface area contributed by atoms with E-state index in [2.05, 4.69) is 10.1 Å². The average Bonchev–Trinajstić information content (AvgIpc) is 2.33. The van der Waals surface area contributed by atoms with Crippen molar-refractivity contribution in [2.75, 3.05) is 7.11 Å². The SMILES string of the molecule is COC(=O)[C@@H](CC(=O)OC(C)(C)C)NC(=O)[C@@H](O)CC(C)C. The van der Waals surface area contributed by atoms with Crippen molar-refractivity contribution in [3.05, 3.63) is 0 Å². The van der Waals surface area contributed by atoms with Gasteiger partial charge in [0.2, 0.25) is 5.91 Å². The summed E-state index contributed by atoms with van der Waals surface area (Å²) in [6, 6.07) is -1.19. The number of amides is 1. The second-order valence-electron chi connectivity index (χ2n) is 6.52. The van der Waals surface area contributed by atoms with Crippen LogP contribution in [0.15, 0.2) is 0 Å². The summed E-state index contributed by atoms with van der Waals surface area (Å²) in [5.74, 6) is -2.01. The maximum Gasteiger partial charge on any atom is 0.328 e. The van der Waals surface area contributed by atoms with Gasteiger partial charge in [-0.3, -0.25) is 9.59 Å². The Morgan fingerprint density at radius 2 is 1.73 bits per heavy atom. The number of rotatable bonds is 7. The molecule has 0 aromatic carbocycles. The maximum atomic E-state index is 11.9. The third kappa shape index (κ3) is 8.61. The molecule has 1 amide bonds. The number of hydrogen-bond acceptors (Lipinski definition) is 6. The van der Waals surface area contributed by atoms with E-state index in [-0.39, 0.29) is 18.8 Å². The Labute approximate surface area is 131 Å². The molecule has 0 aliphatic carbocycles. The van der Waals surface area contributed by atoms with Crippen LogP contribution in [-0.2, 0) is 23.9 Å². The first-order chi connectivity index (χ1) is 9.96. The van der Waals surface area contributed by atoms with Gasteiger partial charge < -0.3 is 19.9 Å². The van der Waals surface area contributed by atoms with Crippen molar-refractivity contribution in [1.82, 2.24) is 5.32 Å². The van der Waals surface area contributed by atoms with Gasteiger partial charge in [-0.25, -0.2) is 4.79 Å². The van der Waals surface area contributed by atoms with Gasteiger partial charge in [0.1, 0.15) is 17.7 Å². The quantitative estimate of drug-likeness (QED) is 0.673. The summed E-state index contributed by atoms with van der Waals surface area (Å²) in [5.41, 5.74) is -0.696. The van der Waals surface area contributed by atoms with E-state index >= 15 is 0 Å². The molecule has 2 atom stereocenters.